The predicted octanol–water partition coefficient (Wildman–Crippen LogP) is 2.52. The Balaban J connectivity index is 1.86. The van der Waals surface area contributed by atoms with Gasteiger partial charge in [-0.2, -0.15) is 0 Å². The highest BCUT2D eigenvalue weighted by Crippen LogP contribution is 2.27. The van der Waals surface area contributed by atoms with Gasteiger partial charge in [0.05, 0.1) is 19.1 Å². The number of amides is 1. The van der Waals surface area contributed by atoms with Crippen molar-refractivity contribution >= 4 is 15.9 Å². The van der Waals surface area contributed by atoms with Crippen LogP contribution < -0.4 is 24.2 Å². The van der Waals surface area contributed by atoms with E-state index in [-0.39, 0.29) is 24.0 Å². The number of hydrogen-bond donors (Lipinski definition) is 2. The van der Waals surface area contributed by atoms with Gasteiger partial charge in [0.2, 0.25) is 10.0 Å². The zero-order valence-electron chi connectivity index (χ0n) is 18.1. The molecule has 0 radical (unpaired) electrons. The fraction of sp³-hybridized carbons (Fsp3) is 0.409. The summed E-state index contributed by atoms with van der Waals surface area (Å²) in [4.78, 5) is 11.8. The average Bonchev–Trinajstić information content (AvgIpc) is 2.78. The maximum Gasteiger partial charge on any atom is 0.257 e. The lowest BCUT2D eigenvalue weighted by Gasteiger charge is -2.11. The molecule has 0 atom stereocenters. The van der Waals surface area contributed by atoms with E-state index in [1.165, 1.54) is 24.3 Å². The third-order valence-corrected chi connectivity index (χ3v) is 5.99. The third kappa shape index (κ3) is 7.76. The Morgan fingerprint density at radius 3 is 2.32 bits per heavy atom. The van der Waals surface area contributed by atoms with E-state index in [1.54, 1.807) is 20.3 Å². The molecule has 0 spiro atoms. The molecule has 9 heteroatoms. The molecule has 2 N–H and O–H groups in total. The van der Waals surface area contributed by atoms with Gasteiger partial charge in [0.1, 0.15) is 5.75 Å². The predicted molar refractivity (Wildman–Crippen MR) is 118 cm³/mol. The van der Waals surface area contributed by atoms with Crippen molar-refractivity contribution in [2.24, 2.45) is 0 Å². The zero-order valence-corrected chi connectivity index (χ0v) is 19.0. The summed E-state index contributed by atoms with van der Waals surface area (Å²) in [7, 11) is -0.551. The molecule has 2 aromatic carbocycles. The van der Waals surface area contributed by atoms with Gasteiger partial charge in [0, 0.05) is 13.1 Å². The highest BCUT2D eigenvalue weighted by atomic mass is 32.2. The van der Waals surface area contributed by atoms with Gasteiger partial charge in [-0.15, -0.1) is 0 Å². The Labute approximate surface area is 184 Å². The third-order valence-electron chi connectivity index (χ3n) is 4.51. The molecule has 0 bridgehead atoms. The number of nitrogens with one attached hydrogen (secondary N) is 2. The molecule has 8 nitrogen and oxygen atoms in total. The fourth-order valence-corrected chi connectivity index (χ4v) is 3.80. The second-order valence-electron chi connectivity index (χ2n) is 6.80. The Bertz CT molecular complexity index is 945. The molecule has 0 aliphatic heterocycles. The van der Waals surface area contributed by atoms with Crippen LogP contribution >= 0.6 is 0 Å². The van der Waals surface area contributed by atoms with Crippen molar-refractivity contribution in [1.82, 2.24) is 10.0 Å². The molecule has 2 rings (SSSR count). The summed E-state index contributed by atoms with van der Waals surface area (Å²) in [5.74, 6) is 1.43. The molecule has 31 heavy (non-hydrogen) atoms. The molecule has 2 aromatic rings. The van der Waals surface area contributed by atoms with Crippen LogP contribution in [0, 0.1) is 0 Å². The molecule has 0 aliphatic carbocycles. The number of unbranched alkanes of at least 4 members (excludes halogenated alkanes) is 1. The van der Waals surface area contributed by atoms with E-state index in [0.717, 1.165) is 18.4 Å². The zero-order chi connectivity index (χ0) is 22.7. The van der Waals surface area contributed by atoms with E-state index >= 15 is 0 Å². The number of carbonyl (C=O) groups excluding carboxylic acids is 1. The topological polar surface area (TPSA) is 103 Å². The van der Waals surface area contributed by atoms with E-state index < -0.39 is 10.0 Å². The molecule has 170 valence electrons. The number of methoxy groups -OCH3 is 2. The average molecular weight is 451 g/mol. The minimum absolute atomic E-state index is 0.112. The summed E-state index contributed by atoms with van der Waals surface area (Å²) in [5, 5.41) is 2.75. The van der Waals surface area contributed by atoms with Gasteiger partial charge < -0.3 is 19.5 Å². The maximum atomic E-state index is 12.5. The van der Waals surface area contributed by atoms with Crippen molar-refractivity contribution in [3.8, 4) is 17.2 Å². The van der Waals surface area contributed by atoms with Crippen molar-refractivity contribution in [2.75, 3.05) is 33.9 Å². The van der Waals surface area contributed by atoms with Gasteiger partial charge in [-0.25, -0.2) is 13.1 Å². The summed E-state index contributed by atoms with van der Waals surface area (Å²) in [6, 6.07) is 11.4. The van der Waals surface area contributed by atoms with Crippen LogP contribution in [0.25, 0.3) is 0 Å². The highest BCUT2D eigenvalue weighted by molar-refractivity contribution is 7.89. The van der Waals surface area contributed by atoms with Crippen molar-refractivity contribution in [1.29, 1.82) is 0 Å². The monoisotopic (exact) mass is 450 g/mol. The van der Waals surface area contributed by atoms with Gasteiger partial charge in [-0.3, -0.25) is 4.79 Å². The van der Waals surface area contributed by atoms with Crippen molar-refractivity contribution < 1.29 is 27.4 Å². The van der Waals surface area contributed by atoms with E-state index in [2.05, 4.69) is 10.0 Å². The second-order valence-corrected chi connectivity index (χ2v) is 8.57. The normalized spacial score (nSPS) is 11.1. The van der Waals surface area contributed by atoms with Crippen LogP contribution in [0.5, 0.6) is 17.2 Å². The SMILES string of the molecule is CCCCNC(=O)COc1ccc(S(=O)(=O)NCCc2ccc(OC)c(OC)c2)cc1. The largest absolute Gasteiger partial charge is 0.493 e. The van der Waals surface area contributed by atoms with Crippen LogP contribution in [0.1, 0.15) is 25.3 Å². The van der Waals surface area contributed by atoms with Crippen LogP contribution in [-0.4, -0.2) is 48.2 Å². The molecule has 0 saturated heterocycles. The first-order valence-electron chi connectivity index (χ1n) is 10.1. The maximum absolute atomic E-state index is 12.5. The smallest absolute Gasteiger partial charge is 0.257 e. The molecule has 1 amide bonds. The number of carbonyl (C=O) groups is 1. The van der Waals surface area contributed by atoms with Crippen molar-refractivity contribution in [3.05, 3.63) is 48.0 Å². The summed E-state index contributed by atoms with van der Waals surface area (Å²) < 4.78 is 43.5. The van der Waals surface area contributed by atoms with Crippen LogP contribution in [0.4, 0.5) is 0 Å². The molecule has 0 fully saturated rings. The highest BCUT2D eigenvalue weighted by Gasteiger charge is 2.14. The van der Waals surface area contributed by atoms with E-state index in [4.69, 9.17) is 14.2 Å². The van der Waals surface area contributed by atoms with Gasteiger partial charge >= 0.3 is 0 Å². The molecular formula is C22H30N2O6S. The summed E-state index contributed by atoms with van der Waals surface area (Å²) >= 11 is 0. The lowest BCUT2D eigenvalue weighted by molar-refractivity contribution is -0.123. The molecule has 0 unspecified atom stereocenters. The first-order chi connectivity index (χ1) is 14.9. The number of benzene rings is 2. The van der Waals surface area contributed by atoms with Crippen LogP contribution in [0.3, 0.4) is 0 Å². The minimum atomic E-state index is -3.66. The summed E-state index contributed by atoms with van der Waals surface area (Å²) in [6.45, 7) is 2.78. The molecule has 0 heterocycles. The molecule has 0 saturated carbocycles. The molecule has 0 aliphatic rings. The number of hydrogen-bond acceptors (Lipinski definition) is 6. The molecular weight excluding hydrogens is 420 g/mol. The fourth-order valence-electron chi connectivity index (χ4n) is 2.77. The van der Waals surface area contributed by atoms with Gasteiger partial charge in [0.15, 0.2) is 18.1 Å². The van der Waals surface area contributed by atoms with Crippen molar-refractivity contribution in [3.63, 3.8) is 0 Å². The van der Waals surface area contributed by atoms with Crippen molar-refractivity contribution in [2.45, 2.75) is 31.1 Å². The summed E-state index contributed by atoms with van der Waals surface area (Å²) in [5.41, 5.74) is 0.918. The van der Waals surface area contributed by atoms with E-state index in [1.807, 2.05) is 19.1 Å². The quantitative estimate of drug-likeness (QED) is 0.455. The number of rotatable bonds is 13. The molecule has 0 aromatic heterocycles. The van der Waals surface area contributed by atoms with E-state index in [9.17, 15) is 13.2 Å². The van der Waals surface area contributed by atoms with Gasteiger partial charge in [-0.1, -0.05) is 19.4 Å². The first kappa shape index (κ1) is 24.5. The standard InChI is InChI=1S/C22H30N2O6S/c1-4-5-13-23-22(25)16-30-18-7-9-19(10-8-18)31(26,27)24-14-12-17-6-11-20(28-2)21(15-17)29-3/h6-11,15,24H,4-5,12-14,16H2,1-3H3,(H,23,25). The Hall–Kier alpha value is -2.78. The van der Waals surface area contributed by atoms with E-state index in [0.29, 0.717) is 30.2 Å². The number of ether oxygens (including phenoxy) is 3. The first-order valence-corrected chi connectivity index (χ1v) is 11.6. The van der Waals surface area contributed by atoms with Crippen LogP contribution in [0.15, 0.2) is 47.4 Å². The number of sulfonamides is 1. The summed E-state index contributed by atoms with van der Waals surface area (Å²) in [6.07, 6.45) is 2.41. The minimum Gasteiger partial charge on any atom is -0.493 e. The lowest BCUT2D eigenvalue weighted by atomic mass is 10.1. The van der Waals surface area contributed by atoms with Gasteiger partial charge in [-0.05, 0) is 54.8 Å². The lowest BCUT2D eigenvalue weighted by Crippen LogP contribution is -2.29. The van der Waals surface area contributed by atoms with Crippen LogP contribution in [0.2, 0.25) is 0 Å². The van der Waals surface area contributed by atoms with Crippen LogP contribution in [-0.2, 0) is 21.2 Å². The Morgan fingerprint density at radius 2 is 1.68 bits per heavy atom. The van der Waals surface area contributed by atoms with Gasteiger partial charge in [0.25, 0.3) is 5.91 Å². The Morgan fingerprint density at radius 1 is 0.968 bits per heavy atom. The Kier molecular flexibility index (Phi) is 9.61. The second kappa shape index (κ2) is 12.2.